The zero-order valence-corrected chi connectivity index (χ0v) is 8.90. The van der Waals surface area contributed by atoms with Crippen molar-refractivity contribution in [1.82, 2.24) is 20.1 Å². The van der Waals surface area contributed by atoms with Crippen LogP contribution in [0.15, 0.2) is 6.33 Å². The SMILES string of the molecule is CCC(C)n1cnc(CNC2CC2)n1. The summed E-state index contributed by atoms with van der Waals surface area (Å²) in [6.07, 6.45) is 5.55. The van der Waals surface area contributed by atoms with E-state index >= 15 is 0 Å². The molecule has 1 aromatic rings. The van der Waals surface area contributed by atoms with E-state index in [1.54, 1.807) is 0 Å². The molecule has 4 nitrogen and oxygen atoms in total. The molecule has 4 heteroatoms. The molecule has 0 amide bonds. The molecule has 1 aliphatic carbocycles. The minimum absolute atomic E-state index is 0.456. The third-order valence-electron chi connectivity index (χ3n) is 2.72. The highest BCUT2D eigenvalue weighted by Crippen LogP contribution is 2.18. The van der Waals surface area contributed by atoms with Gasteiger partial charge >= 0.3 is 0 Å². The molecule has 0 aliphatic heterocycles. The summed E-state index contributed by atoms with van der Waals surface area (Å²) in [4.78, 5) is 4.27. The van der Waals surface area contributed by atoms with E-state index in [2.05, 4.69) is 29.2 Å². The Kier molecular flexibility index (Phi) is 2.82. The van der Waals surface area contributed by atoms with Crippen LogP contribution in [-0.2, 0) is 6.54 Å². The van der Waals surface area contributed by atoms with E-state index < -0.39 is 0 Å². The molecule has 1 N–H and O–H groups in total. The van der Waals surface area contributed by atoms with Crippen molar-refractivity contribution in [3.05, 3.63) is 12.2 Å². The maximum absolute atomic E-state index is 4.42. The van der Waals surface area contributed by atoms with Crippen LogP contribution in [-0.4, -0.2) is 20.8 Å². The van der Waals surface area contributed by atoms with Crippen molar-refractivity contribution in [1.29, 1.82) is 0 Å². The lowest BCUT2D eigenvalue weighted by Crippen LogP contribution is -2.16. The lowest BCUT2D eigenvalue weighted by Gasteiger charge is -2.06. The normalized spacial score (nSPS) is 18.4. The quantitative estimate of drug-likeness (QED) is 0.772. The first-order valence-electron chi connectivity index (χ1n) is 5.43. The van der Waals surface area contributed by atoms with Gasteiger partial charge in [0.05, 0.1) is 12.6 Å². The van der Waals surface area contributed by atoms with Gasteiger partial charge in [-0.1, -0.05) is 6.92 Å². The summed E-state index contributed by atoms with van der Waals surface area (Å²) >= 11 is 0. The Balaban J connectivity index is 1.87. The number of hydrogen-bond donors (Lipinski definition) is 1. The number of hydrogen-bond acceptors (Lipinski definition) is 3. The molecular formula is C10H18N4. The highest BCUT2D eigenvalue weighted by atomic mass is 15.3. The molecule has 1 saturated carbocycles. The predicted octanol–water partition coefficient (Wildman–Crippen LogP) is 1.50. The van der Waals surface area contributed by atoms with E-state index in [0.29, 0.717) is 6.04 Å². The van der Waals surface area contributed by atoms with Gasteiger partial charge in [-0.25, -0.2) is 9.67 Å². The summed E-state index contributed by atoms with van der Waals surface area (Å²) in [7, 11) is 0. The van der Waals surface area contributed by atoms with Crippen LogP contribution in [0.5, 0.6) is 0 Å². The molecule has 0 aromatic carbocycles. The number of nitrogens with zero attached hydrogens (tertiary/aromatic N) is 3. The second-order valence-corrected chi connectivity index (χ2v) is 4.05. The molecule has 0 bridgehead atoms. The molecular weight excluding hydrogens is 176 g/mol. The monoisotopic (exact) mass is 194 g/mol. The van der Waals surface area contributed by atoms with Crippen molar-refractivity contribution in [3.63, 3.8) is 0 Å². The Bertz CT molecular complexity index is 290. The molecule has 14 heavy (non-hydrogen) atoms. The third kappa shape index (κ3) is 2.32. The van der Waals surface area contributed by atoms with Gasteiger partial charge in [0.15, 0.2) is 5.82 Å². The second-order valence-electron chi connectivity index (χ2n) is 4.05. The summed E-state index contributed by atoms with van der Waals surface area (Å²) in [6.45, 7) is 5.13. The third-order valence-corrected chi connectivity index (χ3v) is 2.72. The molecule has 1 unspecified atom stereocenters. The van der Waals surface area contributed by atoms with Gasteiger partial charge in [0.2, 0.25) is 0 Å². The minimum atomic E-state index is 0.456. The zero-order chi connectivity index (χ0) is 9.97. The highest BCUT2D eigenvalue weighted by Gasteiger charge is 2.20. The van der Waals surface area contributed by atoms with Gasteiger partial charge < -0.3 is 5.32 Å². The summed E-state index contributed by atoms with van der Waals surface area (Å²) in [6, 6.07) is 1.18. The molecule has 0 saturated heterocycles. The van der Waals surface area contributed by atoms with Crippen molar-refractivity contribution < 1.29 is 0 Å². The van der Waals surface area contributed by atoms with E-state index in [9.17, 15) is 0 Å². The summed E-state index contributed by atoms with van der Waals surface area (Å²) in [5.41, 5.74) is 0. The summed E-state index contributed by atoms with van der Waals surface area (Å²) in [5, 5.41) is 7.83. The minimum Gasteiger partial charge on any atom is -0.307 e. The Morgan fingerprint density at radius 1 is 1.64 bits per heavy atom. The maximum atomic E-state index is 4.42. The van der Waals surface area contributed by atoms with Crippen LogP contribution in [0.4, 0.5) is 0 Å². The Hall–Kier alpha value is -0.900. The van der Waals surface area contributed by atoms with Crippen molar-refractivity contribution in [2.45, 2.75) is 51.7 Å². The maximum Gasteiger partial charge on any atom is 0.164 e. The van der Waals surface area contributed by atoms with Crippen LogP contribution < -0.4 is 5.32 Å². The van der Waals surface area contributed by atoms with E-state index in [4.69, 9.17) is 0 Å². The van der Waals surface area contributed by atoms with Gasteiger partial charge in [-0.15, -0.1) is 0 Å². The number of aromatic nitrogens is 3. The number of rotatable bonds is 5. The summed E-state index contributed by atoms with van der Waals surface area (Å²) in [5.74, 6) is 0.914. The molecule has 78 valence electrons. The van der Waals surface area contributed by atoms with Gasteiger partial charge in [-0.3, -0.25) is 0 Å². The standard InChI is InChI=1S/C10H18N4/c1-3-8(2)14-7-12-10(13-14)6-11-9-4-5-9/h7-9,11H,3-6H2,1-2H3. The van der Waals surface area contributed by atoms with Crippen molar-refractivity contribution in [2.75, 3.05) is 0 Å². The molecule has 1 fully saturated rings. The van der Waals surface area contributed by atoms with Crippen molar-refractivity contribution >= 4 is 0 Å². The van der Waals surface area contributed by atoms with Crippen molar-refractivity contribution in [3.8, 4) is 0 Å². The van der Waals surface area contributed by atoms with Crippen LogP contribution in [0, 0.1) is 0 Å². The van der Waals surface area contributed by atoms with Crippen molar-refractivity contribution in [2.24, 2.45) is 0 Å². The second kappa shape index (κ2) is 4.09. The average Bonchev–Trinajstić information content (AvgIpc) is 2.92. The predicted molar refractivity (Wildman–Crippen MR) is 54.9 cm³/mol. The Labute approximate surface area is 84.7 Å². The molecule has 0 radical (unpaired) electrons. The lowest BCUT2D eigenvalue weighted by atomic mass is 10.3. The first-order chi connectivity index (χ1) is 6.79. The first kappa shape index (κ1) is 9.65. The molecule has 1 heterocycles. The zero-order valence-electron chi connectivity index (χ0n) is 8.90. The Morgan fingerprint density at radius 3 is 3.07 bits per heavy atom. The largest absolute Gasteiger partial charge is 0.307 e. The van der Waals surface area contributed by atoms with Gasteiger partial charge in [0, 0.05) is 6.04 Å². The Morgan fingerprint density at radius 2 is 2.43 bits per heavy atom. The van der Waals surface area contributed by atoms with E-state index in [-0.39, 0.29) is 0 Å². The molecule has 2 rings (SSSR count). The average molecular weight is 194 g/mol. The van der Waals surface area contributed by atoms with Gasteiger partial charge in [-0.2, -0.15) is 5.10 Å². The first-order valence-corrected chi connectivity index (χ1v) is 5.43. The van der Waals surface area contributed by atoms with Crippen LogP contribution in [0.2, 0.25) is 0 Å². The fourth-order valence-electron chi connectivity index (χ4n) is 1.31. The number of nitrogens with one attached hydrogen (secondary N) is 1. The van der Waals surface area contributed by atoms with Crippen LogP contribution in [0.1, 0.15) is 45.0 Å². The molecule has 1 aliphatic rings. The lowest BCUT2D eigenvalue weighted by molar-refractivity contribution is 0.471. The molecule has 1 atom stereocenters. The van der Waals surface area contributed by atoms with E-state index in [1.807, 2.05) is 11.0 Å². The van der Waals surface area contributed by atoms with Gasteiger partial charge in [-0.05, 0) is 26.2 Å². The van der Waals surface area contributed by atoms with Gasteiger partial charge in [0.1, 0.15) is 6.33 Å². The van der Waals surface area contributed by atoms with Crippen LogP contribution in [0.3, 0.4) is 0 Å². The fourth-order valence-corrected chi connectivity index (χ4v) is 1.31. The molecule has 1 aromatic heterocycles. The van der Waals surface area contributed by atoms with Gasteiger partial charge in [0.25, 0.3) is 0 Å². The van der Waals surface area contributed by atoms with E-state index in [1.165, 1.54) is 12.8 Å². The summed E-state index contributed by atoms with van der Waals surface area (Å²) < 4.78 is 1.95. The van der Waals surface area contributed by atoms with Crippen LogP contribution >= 0.6 is 0 Å². The van der Waals surface area contributed by atoms with E-state index in [0.717, 1.165) is 24.8 Å². The van der Waals surface area contributed by atoms with Crippen LogP contribution in [0.25, 0.3) is 0 Å². The highest BCUT2D eigenvalue weighted by molar-refractivity contribution is 4.87. The topological polar surface area (TPSA) is 42.7 Å². The fraction of sp³-hybridized carbons (Fsp3) is 0.800. The molecule has 0 spiro atoms. The smallest absolute Gasteiger partial charge is 0.164 e.